The maximum absolute atomic E-state index is 3.73. The van der Waals surface area contributed by atoms with Crippen LogP contribution in [-0.2, 0) is 0 Å². The molecule has 3 nitrogen and oxygen atoms in total. The fraction of sp³-hybridized carbons (Fsp3) is 0.667. The van der Waals surface area contributed by atoms with E-state index in [4.69, 9.17) is 0 Å². The summed E-state index contributed by atoms with van der Waals surface area (Å²) < 4.78 is 0. The van der Waals surface area contributed by atoms with Crippen molar-refractivity contribution in [1.82, 2.24) is 15.1 Å². The zero-order valence-electron chi connectivity index (χ0n) is 13.7. The Balaban J connectivity index is 1.80. The van der Waals surface area contributed by atoms with Crippen LogP contribution in [0, 0.1) is 0 Å². The van der Waals surface area contributed by atoms with E-state index in [1.807, 2.05) is 0 Å². The summed E-state index contributed by atoms with van der Waals surface area (Å²) in [5.74, 6) is 0. The predicted molar refractivity (Wildman–Crippen MR) is 88.5 cm³/mol. The minimum atomic E-state index is 0.217. The average molecular weight is 287 g/mol. The first kappa shape index (κ1) is 15.0. The summed E-state index contributed by atoms with van der Waals surface area (Å²) >= 11 is 0. The molecule has 1 N–H and O–H groups in total. The Morgan fingerprint density at radius 3 is 2.43 bits per heavy atom. The minimum absolute atomic E-state index is 0.217. The van der Waals surface area contributed by atoms with Gasteiger partial charge in [0.25, 0.3) is 0 Å². The molecule has 0 amide bonds. The van der Waals surface area contributed by atoms with Gasteiger partial charge in [0, 0.05) is 30.7 Å². The average Bonchev–Trinajstić information content (AvgIpc) is 2.48. The second-order valence-corrected chi connectivity index (χ2v) is 7.40. The van der Waals surface area contributed by atoms with Crippen molar-refractivity contribution in [2.24, 2.45) is 0 Å². The van der Waals surface area contributed by atoms with Crippen LogP contribution in [0.25, 0.3) is 0 Å². The minimum Gasteiger partial charge on any atom is -0.309 e. The number of hydrogen-bond donors (Lipinski definition) is 1. The largest absolute Gasteiger partial charge is 0.309 e. The van der Waals surface area contributed by atoms with Crippen LogP contribution in [0.4, 0.5) is 0 Å². The van der Waals surface area contributed by atoms with Crippen molar-refractivity contribution in [2.75, 3.05) is 33.2 Å². The lowest BCUT2D eigenvalue weighted by atomic mass is 9.90. The van der Waals surface area contributed by atoms with E-state index in [2.05, 4.69) is 66.3 Å². The van der Waals surface area contributed by atoms with Gasteiger partial charge in [-0.1, -0.05) is 30.3 Å². The van der Waals surface area contributed by atoms with E-state index in [9.17, 15) is 0 Å². The molecule has 3 heteroatoms. The SMILES string of the molecule is CN1CCC(N2CC(C)(C)NCC2c2ccccc2)CC1. The Bertz CT molecular complexity index is 449. The van der Waals surface area contributed by atoms with Crippen molar-refractivity contribution in [3.8, 4) is 0 Å². The first-order valence-electron chi connectivity index (χ1n) is 8.29. The number of rotatable bonds is 2. The maximum Gasteiger partial charge on any atom is 0.0476 e. The summed E-state index contributed by atoms with van der Waals surface area (Å²) in [4.78, 5) is 5.24. The molecule has 3 rings (SSSR count). The first-order valence-corrected chi connectivity index (χ1v) is 8.29. The molecule has 2 saturated heterocycles. The van der Waals surface area contributed by atoms with Gasteiger partial charge in [-0.2, -0.15) is 0 Å². The third kappa shape index (κ3) is 3.47. The quantitative estimate of drug-likeness (QED) is 0.901. The lowest BCUT2D eigenvalue weighted by Gasteiger charge is -2.50. The van der Waals surface area contributed by atoms with Gasteiger partial charge in [-0.15, -0.1) is 0 Å². The van der Waals surface area contributed by atoms with Crippen LogP contribution in [0.2, 0.25) is 0 Å². The highest BCUT2D eigenvalue weighted by Crippen LogP contribution is 2.32. The third-order valence-electron chi connectivity index (χ3n) is 5.09. The lowest BCUT2D eigenvalue weighted by molar-refractivity contribution is 0.0262. The van der Waals surface area contributed by atoms with E-state index in [1.165, 1.54) is 31.5 Å². The molecule has 2 heterocycles. The number of nitrogens with zero attached hydrogens (tertiary/aromatic N) is 2. The van der Waals surface area contributed by atoms with Crippen molar-refractivity contribution in [3.63, 3.8) is 0 Å². The summed E-state index contributed by atoms with van der Waals surface area (Å²) in [6.45, 7) is 9.32. The van der Waals surface area contributed by atoms with Crippen molar-refractivity contribution < 1.29 is 0 Å². The summed E-state index contributed by atoms with van der Waals surface area (Å²) in [5.41, 5.74) is 1.67. The lowest BCUT2D eigenvalue weighted by Crippen LogP contribution is -2.61. The summed E-state index contributed by atoms with van der Waals surface area (Å²) in [6.07, 6.45) is 2.60. The smallest absolute Gasteiger partial charge is 0.0476 e. The van der Waals surface area contributed by atoms with Gasteiger partial charge in [0.2, 0.25) is 0 Å². The molecule has 0 spiro atoms. The Morgan fingerprint density at radius 2 is 1.76 bits per heavy atom. The zero-order chi connectivity index (χ0) is 14.9. The van der Waals surface area contributed by atoms with E-state index >= 15 is 0 Å². The van der Waals surface area contributed by atoms with E-state index in [0.29, 0.717) is 6.04 Å². The highest BCUT2D eigenvalue weighted by Gasteiger charge is 2.37. The normalized spacial score (nSPS) is 28.6. The highest BCUT2D eigenvalue weighted by atomic mass is 15.3. The Kier molecular flexibility index (Phi) is 4.34. The number of benzene rings is 1. The number of piperidine rings is 1. The summed E-state index contributed by atoms with van der Waals surface area (Å²) in [7, 11) is 2.24. The second kappa shape index (κ2) is 6.07. The molecule has 21 heavy (non-hydrogen) atoms. The molecule has 0 aromatic heterocycles. The number of likely N-dealkylation sites (tertiary alicyclic amines) is 1. The van der Waals surface area contributed by atoms with Crippen molar-refractivity contribution in [1.29, 1.82) is 0 Å². The molecule has 1 unspecified atom stereocenters. The van der Waals surface area contributed by atoms with Crippen LogP contribution < -0.4 is 5.32 Å². The summed E-state index contributed by atoms with van der Waals surface area (Å²) in [6, 6.07) is 12.3. The molecule has 2 aliphatic rings. The molecule has 1 atom stereocenters. The van der Waals surface area contributed by atoms with Crippen LogP contribution >= 0.6 is 0 Å². The van der Waals surface area contributed by atoms with Crippen LogP contribution in [0.3, 0.4) is 0 Å². The molecule has 116 valence electrons. The Hall–Kier alpha value is -0.900. The zero-order valence-corrected chi connectivity index (χ0v) is 13.7. The van der Waals surface area contributed by atoms with Crippen molar-refractivity contribution >= 4 is 0 Å². The van der Waals surface area contributed by atoms with E-state index in [-0.39, 0.29) is 5.54 Å². The Morgan fingerprint density at radius 1 is 1.10 bits per heavy atom. The second-order valence-electron chi connectivity index (χ2n) is 7.40. The van der Waals surface area contributed by atoms with Crippen LogP contribution in [0.5, 0.6) is 0 Å². The van der Waals surface area contributed by atoms with Gasteiger partial charge in [-0.25, -0.2) is 0 Å². The topological polar surface area (TPSA) is 18.5 Å². The number of hydrogen-bond acceptors (Lipinski definition) is 3. The first-order chi connectivity index (χ1) is 10.1. The molecular formula is C18H29N3. The van der Waals surface area contributed by atoms with Gasteiger partial charge in [-0.3, -0.25) is 4.90 Å². The van der Waals surface area contributed by atoms with Gasteiger partial charge >= 0.3 is 0 Å². The molecule has 2 fully saturated rings. The molecule has 1 aromatic rings. The van der Waals surface area contributed by atoms with E-state index < -0.39 is 0 Å². The Labute approximate surface area is 129 Å². The molecule has 0 radical (unpaired) electrons. The predicted octanol–water partition coefficient (Wildman–Crippen LogP) is 2.51. The molecule has 0 saturated carbocycles. The van der Waals surface area contributed by atoms with Gasteiger partial charge in [-0.05, 0) is 52.4 Å². The van der Waals surface area contributed by atoms with Crippen molar-refractivity contribution in [3.05, 3.63) is 35.9 Å². The number of piperazine rings is 1. The van der Waals surface area contributed by atoms with E-state index in [0.717, 1.165) is 19.1 Å². The molecule has 0 aliphatic carbocycles. The van der Waals surface area contributed by atoms with Crippen LogP contribution in [-0.4, -0.2) is 54.6 Å². The fourth-order valence-electron chi connectivity index (χ4n) is 3.81. The van der Waals surface area contributed by atoms with Crippen LogP contribution in [0.1, 0.15) is 38.3 Å². The van der Waals surface area contributed by atoms with Gasteiger partial charge in [0.05, 0.1) is 0 Å². The molecule has 0 bridgehead atoms. The fourth-order valence-corrected chi connectivity index (χ4v) is 3.81. The van der Waals surface area contributed by atoms with Gasteiger partial charge in [0.15, 0.2) is 0 Å². The molecular weight excluding hydrogens is 258 g/mol. The third-order valence-corrected chi connectivity index (χ3v) is 5.09. The molecule has 1 aromatic carbocycles. The van der Waals surface area contributed by atoms with E-state index in [1.54, 1.807) is 0 Å². The molecule has 2 aliphatic heterocycles. The monoisotopic (exact) mass is 287 g/mol. The summed E-state index contributed by atoms with van der Waals surface area (Å²) in [5, 5.41) is 3.73. The van der Waals surface area contributed by atoms with Crippen LogP contribution in [0.15, 0.2) is 30.3 Å². The van der Waals surface area contributed by atoms with Crippen molar-refractivity contribution in [2.45, 2.75) is 44.3 Å². The highest BCUT2D eigenvalue weighted by molar-refractivity contribution is 5.21. The van der Waals surface area contributed by atoms with Gasteiger partial charge < -0.3 is 10.2 Å². The number of nitrogens with one attached hydrogen (secondary N) is 1. The van der Waals surface area contributed by atoms with Gasteiger partial charge in [0.1, 0.15) is 0 Å². The maximum atomic E-state index is 3.73. The standard InChI is InChI=1S/C18H29N3/c1-18(2)14-21(16-9-11-20(3)12-10-16)17(13-19-18)15-7-5-4-6-8-15/h4-8,16-17,19H,9-14H2,1-3H3.